The second-order valence-electron chi connectivity index (χ2n) is 3.89. The fraction of sp³-hybridized carbons (Fsp3) is 0.273. The van der Waals surface area contributed by atoms with Gasteiger partial charge in [0.1, 0.15) is 11.4 Å². The molecule has 1 aliphatic heterocycles. The van der Waals surface area contributed by atoms with Crippen LogP contribution in [-0.4, -0.2) is 38.3 Å². The molecule has 2 rings (SSSR count). The number of carbonyl (C=O) groups excluding carboxylic acids is 2. The molecule has 0 N–H and O–H groups in total. The Bertz CT molecular complexity index is 635. The largest absolute Gasteiger partial charge is 0.468 e. The van der Waals surface area contributed by atoms with Gasteiger partial charge in [0.2, 0.25) is 0 Å². The molecule has 0 fully saturated rings. The molecule has 1 heterocycles. The van der Waals surface area contributed by atoms with Gasteiger partial charge in [0.15, 0.2) is 0 Å². The lowest BCUT2D eigenvalue weighted by Gasteiger charge is -2.12. The Morgan fingerprint density at radius 3 is 2.67 bits per heavy atom. The van der Waals surface area contributed by atoms with Crippen molar-refractivity contribution in [1.82, 2.24) is 4.31 Å². The fourth-order valence-electron chi connectivity index (χ4n) is 1.74. The summed E-state index contributed by atoms with van der Waals surface area (Å²) in [7, 11) is -2.80. The summed E-state index contributed by atoms with van der Waals surface area (Å²) in [6, 6.07) is 4.47. The summed E-state index contributed by atoms with van der Waals surface area (Å²) >= 11 is 0. The first kappa shape index (κ1) is 12.6. The Morgan fingerprint density at radius 1 is 1.39 bits per heavy atom. The Kier molecular flexibility index (Phi) is 2.86. The minimum atomic E-state index is -3.93. The maximum Gasteiger partial charge on any atom is 0.326 e. The van der Waals surface area contributed by atoms with E-state index in [1.165, 1.54) is 12.1 Å². The summed E-state index contributed by atoms with van der Waals surface area (Å²) in [6.45, 7) is 1.15. The molecule has 0 aromatic heterocycles. The van der Waals surface area contributed by atoms with Crippen molar-refractivity contribution in [3.05, 3.63) is 29.3 Å². The van der Waals surface area contributed by atoms with E-state index in [1.807, 2.05) is 0 Å². The third-order valence-corrected chi connectivity index (χ3v) is 4.45. The molecule has 1 aliphatic rings. The lowest BCUT2D eigenvalue weighted by atomic mass is 10.1. The number of carbonyl (C=O) groups is 2. The van der Waals surface area contributed by atoms with E-state index in [9.17, 15) is 18.0 Å². The highest BCUT2D eigenvalue weighted by Gasteiger charge is 2.42. The van der Waals surface area contributed by atoms with Gasteiger partial charge in [-0.2, -0.15) is 0 Å². The zero-order chi connectivity index (χ0) is 13.5. The molecule has 0 aliphatic carbocycles. The third kappa shape index (κ3) is 1.76. The quantitative estimate of drug-likeness (QED) is 0.722. The van der Waals surface area contributed by atoms with E-state index in [0.717, 1.165) is 12.7 Å². The minimum absolute atomic E-state index is 0.0676. The molecule has 1 aromatic rings. The summed E-state index contributed by atoms with van der Waals surface area (Å²) in [4.78, 5) is 23.0. The van der Waals surface area contributed by atoms with Crippen molar-refractivity contribution in [3.8, 4) is 0 Å². The number of benzene rings is 1. The molecule has 6 nitrogen and oxygen atoms in total. The zero-order valence-electron chi connectivity index (χ0n) is 9.84. The predicted molar refractivity (Wildman–Crippen MR) is 61.4 cm³/mol. The number of hydrogen-bond acceptors (Lipinski definition) is 5. The first-order chi connectivity index (χ1) is 8.37. The predicted octanol–water partition coefficient (Wildman–Crippen LogP) is 0.313. The summed E-state index contributed by atoms with van der Waals surface area (Å²) in [5.74, 6) is -1.48. The van der Waals surface area contributed by atoms with Crippen LogP contribution in [0.25, 0.3) is 0 Å². The molecular weight excluding hydrogens is 258 g/mol. The smallest absolute Gasteiger partial charge is 0.326 e. The fourth-order valence-corrected chi connectivity index (χ4v) is 3.23. The number of esters is 1. The Hall–Kier alpha value is -1.89. The van der Waals surface area contributed by atoms with E-state index in [1.54, 1.807) is 13.0 Å². The molecule has 0 atom stereocenters. The van der Waals surface area contributed by atoms with Crippen molar-refractivity contribution in [2.24, 2.45) is 0 Å². The molecule has 1 aromatic carbocycles. The van der Waals surface area contributed by atoms with Gasteiger partial charge >= 0.3 is 5.97 Å². The molecule has 18 heavy (non-hydrogen) atoms. The van der Waals surface area contributed by atoms with Crippen molar-refractivity contribution in [2.75, 3.05) is 13.7 Å². The number of amides is 1. The second kappa shape index (κ2) is 4.09. The van der Waals surface area contributed by atoms with Crippen LogP contribution in [-0.2, 0) is 19.6 Å². The van der Waals surface area contributed by atoms with Crippen LogP contribution in [0.4, 0.5) is 0 Å². The van der Waals surface area contributed by atoms with Gasteiger partial charge in [0.05, 0.1) is 12.7 Å². The van der Waals surface area contributed by atoms with Crippen LogP contribution in [0.2, 0.25) is 0 Å². The topological polar surface area (TPSA) is 80.8 Å². The van der Waals surface area contributed by atoms with E-state index in [2.05, 4.69) is 4.74 Å². The normalized spacial score (nSPS) is 16.6. The summed E-state index contributed by atoms with van der Waals surface area (Å²) in [5.41, 5.74) is 0.871. The summed E-state index contributed by atoms with van der Waals surface area (Å²) < 4.78 is 29.0. The number of rotatable bonds is 2. The van der Waals surface area contributed by atoms with E-state index in [4.69, 9.17) is 0 Å². The molecule has 7 heteroatoms. The van der Waals surface area contributed by atoms with E-state index in [0.29, 0.717) is 4.31 Å². The maximum absolute atomic E-state index is 12.1. The average Bonchev–Trinajstić information content (AvgIpc) is 2.50. The average molecular weight is 269 g/mol. The van der Waals surface area contributed by atoms with Crippen molar-refractivity contribution >= 4 is 21.9 Å². The maximum atomic E-state index is 12.1. The van der Waals surface area contributed by atoms with Gasteiger partial charge < -0.3 is 4.74 Å². The number of sulfonamides is 1. The summed E-state index contributed by atoms with van der Waals surface area (Å²) in [6.07, 6.45) is 0. The highest BCUT2D eigenvalue weighted by atomic mass is 32.2. The highest BCUT2D eigenvalue weighted by Crippen LogP contribution is 2.30. The van der Waals surface area contributed by atoms with Crippen molar-refractivity contribution in [3.63, 3.8) is 0 Å². The SMILES string of the molecule is COC(=O)CN1C(=O)c2cc(C)ccc2S1(=O)=O. The number of aryl methyl sites for hydroxylation is 1. The number of hydrogen-bond donors (Lipinski definition) is 0. The van der Waals surface area contributed by atoms with Crippen LogP contribution in [0.15, 0.2) is 23.1 Å². The van der Waals surface area contributed by atoms with Gasteiger partial charge in [-0.25, -0.2) is 12.7 Å². The van der Waals surface area contributed by atoms with Crippen molar-refractivity contribution in [1.29, 1.82) is 0 Å². The first-order valence-electron chi connectivity index (χ1n) is 5.12. The van der Waals surface area contributed by atoms with Gasteiger partial charge in [-0.15, -0.1) is 0 Å². The third-order valence-electron chi connectivity index (χ3n) is 2.66. The standard InChI is InChI=1S/C11H11NO5S/c1-7-3-4-9-8(5-7)11(14)12(18(9,15)16)6-10(13)17-2/h3-5H,6H2,1-2H3. The minimum Gasteiger partial charge on any atom is -0.468 e. The molecule has 0 spiro atoms. The number of fused-ring (bicyclic) bond motifs is 1. The number of nitrogens with zero attached hydrogens (tertiary/aromatic N) is 1. The summed E-state index contributed by atoms with van der Waals surface area (Å²) in [5, 5.41) is 0. The van der Waals surface area contributed by atoms with Crippen LogP contribution < -0.4 is 0 Å². The number of ether oxygens (including phenoxy) is 1. The molecular formula is C11H11NO5S. The van der Waals surface area contributed by atoms with Gasteiger partial charge in [-0.3, -0.25) is 9.59 Å². The van der Waals surface area contributed by atoms with Crippen LogP contribution in [0.3, 0.4) is 0 Å². The second-order valence-corrected chi connectivity index (χ2v) is 5.72. The lowest BCUT2D eigenvalue weighted by Crippen LogP contribution is -2.35. The Labute approximate surface area is 104 Å². The van der Waals surface area contributed by atoms with Crippen LogP contribution in [0, 0.1) is 6.92 Å². The van der Waals surface area contributed by atoms with Gasteiger partial charge in [0.25, 0.3) is 15.9 Å². The molecule has 0 saturated heterocycles. The highest BCUT2D eigenvalue weighted by molar-refractivity contribution is 7.90. The van der Waals surface area contributed by atoms with E-state index < -0.39 is 28.4 Å². The van der Waals surface area contributed by atoms with Gasteiger partial charge in [-0.1, -0.05) is 11.6 Å². The molecule has 0 saturated carbocycles. The van der Waals surface area contributed by atoms with Gasteiger partial charge in [-0.05, 0) is 19.1 Å². The van der Waals surface area contributed by atoms with Crippen molar-refractivity contribution < 1.29 is 22.7 Å². The molecule has 0 radical (unpaired) electrons. The number of methoxy groups -OCH3 is 1. The van der Waals surface area contributed by atoms with Crippen molar-refractivity contribution in [2.45, 2.75) is 11.8 Å². The lowest BCUT2D eigenvalue weighted by molar-refractivity contribution is -0.140. The molecule has 0 unspecified atom stereocenters. The molecule has 96 valence electrons. The Balaban J connectivity index is 2.51. The molecule has 1 amide bonds. The monoisotopic (exact) mass is 269 g/mol. The van der Waals surface area contributed by atoms with Gasteiger partial charge in [0, 0.05) is 0 Å². The van der Waals surface area contributed by atoms with Crippen LogP contribution in [0.1, 0.15) is 15.9 Å². The van der Waals surface area contributed by atoms with E-state index in [-0.39, 0.29) is 10.5 Å². The molecule has 0 bridgehead atoms. The zero-order valence-corrected chi connectivity index (χ0v) is 10.7. The first-order valence-corrected chi connectivity index (χ1v) is 6.56. The van der Waals surface area contributed by atoms with Crippen LogP contribution >= 0.6 is 0 Å². The van der Waals surface area contributed by atoms with Crippen LogP contribution in [0.5, 0.6) is 0 Å². The Morgan fingerprint density at radius 2 is 2.06 bits per heavy atom. The van der Waals surface area contributed by atoms with E-state index >= 15 is 0 Å².